The lowest BCUT2D eigenvalue weighted by Crippen LogP contribution is -2.44. The van der Waals surface area contributed by atoms with Gasteiger partial charge in [-0.05, 0) is 77.9 Å². The van der Waals surface area contributed by atoms with Crippen molar-refractivity contribution in [3.05, 3.63) is 40.8 Å². The smallest absolute Gasteiger partial charge is 0.192 e. The van der Waals surface area contributed by atoms with Gasteiger partial charge in [-0.15, -0.1) is 0 Å². The van der Waals surface area contributed by atoms with Gasteiger partial charge in [-0.25, -0.2) is 14.1 Å². The fourth-order valence-electron chi connectivity index (χ4n) is 3.47. The fraction of sp³-hybridized carbons (Fsp3) is 0.667. The minimum atomic E-state index is -2.66. The molecule has 0 bridgehead atoms. The molecule has 0 atom stereocenters. The first-order valence-corrected chi connectivity index (χ1v) is 10.6. The summed E-state index contributed by atoms with van der Waals surface area (Å²) in [5, 5.41) is 0. The van der Waals surface area contributed by atoms with Crippen molar-refractivity contribution in [3.63, 3.8) is 0 Å². The van der Waals surface area contributed by atoms with Crippen molar-refractivity contribution in [2.24, 2.45) is 9.63 Å². The van der Waals surface area contributed by atoms with E-state index in [9.17, 15) is 5.53 Å². The maximum Gasteiger partial charge on any atom is 0.192 e. The molecule has 0 N–H and O–H groups in total. The second kappa shape index (κ2) is 9.40. The van der Waals surface area contributed by atoms with Gasteiger partial charge >= 0.3 is 0 Å². The average molecular weight is 364 g/mol. The molecule has 0 fully saturated rings. The Balaban J connectivity index is 3.90. The highest BCUT2D eigenvalue weighted by atomic mass is 31.2. The zero-order chi connectivity index (χ0) is 19.2. The Labute approximate surface area is 153 Å². The van der Waals surface area contributed by atoms with Crippen LogP contribution in [-0.2, 0) is 0 Å². The third-order valence-corrected chi connectivity index (χ3v) is 7.81. The Kier molecular flexibility index (Phi) is 8.17. The van der Waals surface area contributed by atoms with E-state index >= 15 is 0 Å². The van der Waals surface area contributed by atoms with E-state index in [-0.39, 0.29) is 24.2 Å². The monoisotopic (exact) mass is 364 g/mol. The summed E-state index contributed by atoms with van der Waals surface area (Å²) in [4.78, 5) is 7.69. The first kappa shape index (κ1) is 21.7. The van der Waals surface area contributed by atoms with E-state index in [0.29, 0.717) is 0 Å². The number of benzene rings is 1. The van der Waals surface area contributed by atoms with Crippen LogP contribution in [0.1, 0.15) is 55.4 Å². The molecule has 7 heteroatoms. The molecule has 140 valence electrons. The minimum Gasteiger partial charge on any atom is -0.248 e. The molecule has 6 nitrogen and oxygen atoms in total. The Morgan fingerprint density at radius 2 is 1.20 bits per heavy atom. The standard InChI is InChI=1S/C18H33N6P/c1-14(2)23(15(3)4)25(22-21-19,24(16(5)6)17(7)8)20-18-12-10-9-11-13-18/h9-17H,1-8H3. The van der Waals surface area contributed by atoms with Gasteiger partial charge in [0.15, 0.2) is 7.51 Å². The maximum absolute atomic E-state index is 9.48. The largest absolute Gasteiger partial charge is 0.248 e. The van der Waals surface area contributed by atoms with Crippen LogP contribution in [0.2, 0.25) is 0 Å². The van der Waals surface area contributed by atoms with Crippen molar-refractivity contribution in [3.8, 4) is 0 Å². The predicted octanol–water partition coefficient (Wildman–Crippen LogP) is 6.81. The summed E-state index contributed by atoms with van der Waals surface area (Å²) in [6, 6.07) is 10.6. The van der Waals surface area contributed by atoms with Gasteiger partial charge in [0.05, 0.1) is 5.69 Å². The Bertz CT molecular complexity index is 592. The SMILES string of the molecule is CC(C)N(C(C)C)P(N=[N+]=[N-])(=Nc1ccccc1)N(C(C)C)C(C)C. The van der Waals surface area contributed by atoms with Crippen molar-refractivity contribution in [1.82, 2.24) is 9.34 Å². The molecule has 0 aliphatic heterocycles. The van der Waals surface area contributed by atoms with E-state index in [4.69, 9.17) is 4.74 Å². The second-order valence-corrected chi connectivity index (χ2v) is 9.66. The van der Waals surface area contributed by atoms with E-state index in [1.165, 1.54) is 0 Å². The molecule has 0 aliphatic carbocycles. The molecular formula is C18H33N6P. The second-order valence-electron chi connectivity index (χ2n) is 7.29. The highest BCUT2D eigenvalue weighted by molar-refractivity contribution is 7.60. The van der Waals surface area contributed by atoms with Crippen LogP contribution in [0.15, 0.2) is 40.0 Å². The molecule has 0 saturated heterocycles. The summed E-state index contributed by atoms with van der Waals surface area (Å²) < 4.78 is 9.69. The van der Waals surface area contributed by atoms with Crippen LogP contribution >= 0.6 is 7.51 Å². The topological polar surface area (TPSA) is 67.6 Å². The van der Waals surface area contributed by atoms with Crippen molar-refractivity contribution < 1.29 is 0 Å². The quantitative estimate of drug-likeness (QED) is 0.220. The fourth-order valence-corrected chi connectivity index (χ4v) is 7.17. The third-order valence-electron chi connectivity index (χ3n) is 3.90. The summed E-state index contributed by atoms with van der Waals surface area (Å²) in [5.41, 5.74) is 10.3. The molecule has 0 aromatic heterocycles. The van der Waals surface area contributed by atoms with Gasteiger partial charge in [-0.2, -0.15) is 0 Å². The first-order chi connectivity index (χ1) is 11.7. The molecule has 0 unspecified atom stereocenters. The van der Waals surface area contributed by atoms with E-state index in [2.05, 4.69) is 74.5 Å². The van der Waals surface area contributed by atoms with Crippen molar-refractivity contribution in [1.29, 1.82) is 0 Å². The molecule has 0 aliphatic rings. The van der Waals surface area contributed by atoms with Crippen LogP contribution in [0, 0.1) is 0 Å². The number of hydrogen-bond donors (Lipinski definition) is 0. The zero-order valence-corrected chi connectivity index (χ0v) is 17.7. The number of rotatable bonds is 8. The van der Waals surface area contributed by atoms with Gasteiger partial charge in [0.25, 0.3) is 0 Å². The first-order valence-electron chi connectivity index (χ1n) is 8.99. The Hall–Kier alpha value is -1.32. The molecule has 1 aromatic carbocycles. The van der Waals surface area contributed by atoms with Crippen LogP contribution < -0.4 is 0 Å². The summed E-state index contributed by atoms with van der Waals surface area (Å²) in [7, 11) is -2.66. The Morgan fingerprint density at radius 3 is 1.52 bits per heavy atom. The number of azide groups is 1. The number of nitrogens with zero attached hydrogens (tertiary/aromatic N) is 6. The van der Waals surface area contributed by atoms with Crippen molar-refractivity contribution in [2.75, 3.05) is 0 Å². The maximum atomic E-state index is 9.48. The molecule has 0 saturated carbocycles. The van der Waals surface area contributed by atoms with Crippen LogP contribution in [0.5, 0.6) is 0 Å². The summed E-state index contributed by atoms with van der Waals surface area (Å²) in [5.74, 6) is 0. The van der Waals surface area contributed by atoms with E-state index in [1.54, 1.807) is 0 Å². The molecule has 0 heterocycles. The van der Waals surface area contributed by atoms with Crippen LogP contribution in [0.25, 0.3) is 10.4 Å². The molecule has 0 spiro atoms. The normalized spacial score (nSPS) is 12.6. The van der Waals surface area contributed by atoms with Crippen molar-refractivity contribution >= 4 is 13.2 Å². The van der Waals surface area contributed by atoms with Crippen LogP contribution in [-0.4, -0.2) is 33.5 Å². The van der Waals surface area contributed by atoms with Crippen LogP contribution in [0.3, 0.4) is 0 Å². The minimum absolute atomic E-state index is 0.200. The zero-order valence-electron chi connectivity index (χ0n) is 16.8. The van der Waals surface area contributed by atoms with E-state index in [0.717, 1.165) is 5.69 Å². The predicted molar refractivity (Wildman–Crippen MR) is 109 cm³/mol. The third kappa shape index (κ3) is 5.08. The molecule has 0 radical (unpaired) electrons. The average Bonchev–Trinajstić information content (AvgIpc) is 2.46. The van der Waals surface area contributed by atoms with Gasteiger partial charge in [-0.1, -0.05) is 18.2 Å². The van der Waals surface area contributed by atoms with Gasteiger partial charge in [0.1, 0.15) is 0 Å². The van der Waals surface area contributed by atoms with Gasteiger partial charge in [0, 0.05) is 29.1 Å². The summed E-state index contributed by atoms with van der Waals surface area (Å²) in [6.07, 6.45) is 0. The lowest BCUT2D eigenvalue weighted by molar-refractivity contribution is 0.250. The molecule has 0 amide bonds. The molecular weight excluding hydrogens is 331 g/mol. The lowest BCUT2D eigenvalue weighted by Gasteiger charge is -2.48. The summed E-state index contributed by atoms with van der Waals surface area (Å²) in [6.45, 7) is 17.1. The molecule has 1 aromatic rings. The van der Waals surface area contributed by atoms with E-state index in [1.807, 2.05) is 30.3 Å². The van der Waals surface area contributed by atoms with Gasteiger partial charge in [0.2, 0.25) is 0 Å². The van der Waals surface area contributed by atoms with Crippen molar-refractivity contribution in [2.45, 2.75) is 79.6 Å². The van der Waals surface area contributed by atoms with Gasteiger partial charge in [-0.3, -0.25) is 0 Å². The van der Waals surface area contributed by atoms with E-state index < -0.39 is 7.51 Å². The highest BCUT2D eigenvalue weighted by Gasteiger charge is 2.40. The van der Waals surface area contributed by atoms with Gasteiger partial charge < -0.3 is 0 Å². The van der Waals surface area contributed by atoms with Crippen LogP contribution in [0.4, 0.5) is 5.69 Å². The molecule has 1 rings (SSSR count). The number of hydrogen-bond acceptors (Lipinski definition) is 1. The Morgan fingerprint density at radius 1 is 0.800 bits per heavy atom. The molecule has 25 heavy (non-hydrogen) atoms. The lowest BCUT2D eigenvalue weighted by atomic mass is 10.3. The highest BCUT2D eigenvalue weighted by Crippen LogP contribution is 2.63. The summed E-state index contributed by atoms with van der Waals surface area (Å²) >= 11 is 0.